The lowest BCUT2D eigenvalue weighted by Gasteiger charge is -2.37. The standard InChI is InChI=1S/C25H25F2N3O/c26-20-8-6-18(7-9-20)24(28-23-12-10-21(27)11-13-23)19-14-16-30(17-15-19)25(31)29-22-4-2-1-3-5-22/h1-13,19,24,28H,14-17H2,(H,29,31). The molecular weight excluding hydrogens is 396 g/mol. The first-order valence-electron chi connectivity index (χ1n) is 10.5. The summed E-state index contributed by atoms with van der Waals surface area (Å²) in [5.74, 6) is -0.324. The van der Waals surface area contributed by atoms with Crippen LogP contribution in [0.5, 0.6) is 0 Å². The number of amides is 2. The van der Waals surface area contributed by atoms with Crippen LogP contribution in [0.25, 0.3) is 0 Å². The van der Waals surface area contributed by atoms with E-state index in [4.69, 9.17) is 0 Å². The van der Waals surface area contributed by atoms with Crippen molar-refractivity contribution in [2.45, 2.75) is 18.9 Å². The van der Waals surface area contributed by atoms with E-state index >= 15 is 0 Å². The first-order chi connectivity index (χ1) is 15.1. The van der Waals surface area contributed by atoms with Crippen LogP contribution in [0.1, 0.15) is 24.4 Å². The van der Waals surface area contributed by atoms with Crippen LogP contribution in [-0.2, 0) is 0 Å². The van der Waals surface area contributed by atoms with Crippen molar-refractivity contribution < 1.29 is 13.6 Å². The predicted octanol–water partition coefficient (Wildman–Crippen LogP) is 6.06. The molecule has 0 aliphatic carbocycles. The fraction of sp³-hybridized carbons (Fsp3) is 0.240. The number of hydrogen-bond donors (Lipinski definition) is 2. The molecule has 1 fully saturated rings. The number of para-hydroxylation sites is 1. The Morgan fingerprint density at radius 2 is 1.39 bits per heavy atom. The van der Waals surface area contributed by atoms with E-state index in [9.17, 15) is 13.6 Å². The number of piperidine rings is 1. The third kappa shape index (κ3) is 5.40. The molecular formula is C25H25F2N3O. The monoisotopic (exact) mass is 421 g/mol. The number of urea groups is 1. The number of carbonyl (C=O) groups excluding carboxylic acids is 1. The molecule has 0 spiro atoms. The molecule has 2 N–H and O–H groups in total. The number of anilines is 2. The van der Waals surface area contributed by atoms with Crippen molar-refractivity contribution in [3.05, 3.63) is 96.1 Å². The van der Waals surface area contributed by atoms with Crippen LogP contribution in [0.4, 0.5) is 25.0 Å². The highest BCUT2D eigenvalue weighted by Gasteiger charge is 2.29. The molecule has 1 aliphatic rings. The maximum atomic E-state index is 13.5. The van der Waals surface area contributed by atoms with Gasteiger partial charge in [0.15, 0.2) is 0 Å². The molecule has 2 amide bonds. The van der Waals surface area contributed by atoms with E-state index in [1.165, 1.54) is 24.3 Å². The Bertz CT molecular complexity index is 986. The van der Waals surface area contributed by atoms with E-state index in [1.807, 2.05) is 35.2 Å². The van der Waals surface area contributed by atoms with Crippen LogP contribution >= 0.6 is 0 Å². The summed E-state index contributed by atoms with van der Waals surface area (Å²) in [6.07, 6.45) is 1.61. The first kappa shape index (κ1) is 20.8. The van der Waals surface area contributed by atoms with E-state index < -0.39 is 0 Å². The molecule has 6 heteroatoms. The zero-order valence-electron chi connectivity index (χ0n) is 17.1. The number of hydrogen-bond acceptors (Lipinski definition) is 2. The molecule has 0 saturated carbocycles. The van der Waals surface area contributed by atoms with Gasteiger partial charge in [-0.1, -0.05) is 30.3 Å². The number of likely N-dealkylation sites (tertiary alicyclic amines) is 1. The first-order valence-corrected chi connectivity index (χ1v) is 10.5. The SMILES string of the molecule is O=C(Nc1ccccc1)N1CCC(C(Nc2ccc(F)cc2)c2ccc(F)cc2)CC1. The Hall–Kier alpha value is -3.41. The van der Waals surface area contributed by atoms with Crippen molar-refractivity contribution in [1.82, 2.24) is 4.90 Å². The Labute approximate surface area is 180 Å². The summed E-state index contributed by atoms with van der Waals surface area (Å²) in [5, 5.41) is 6.42. The lowest BCUT2D eigenvalue weighted by atomic mass is 9.85. The third-order valence-corrected chi connectivity index (χ3v) is 5.72. The van der Waals surface area contributed by atoms with Crippen molar-refractivity contribution in [2.75, 3.05) is 23.7 Å². The van der Waals surface area contributed by atoms with Crippen LogP contribution < -0.4 is 10.6 Å². The van der Waals surface area contributed by atoms with Crippen molar-refractivity contribution in [3.8, 4) is 0 Å². The molecule has 0 bridgehead atoms. The third-order valence-electron chi connectivity index (χ3n) is 5.72. The molecule has 1 saturated heterocycles. The van der Waals surface area contributed by atoms with Gasteiger partial charge in [0.1, 0.15) is 11.6 Å². The highest BCUT2D eigenvalue weighted by atomic mass is 19.1. The molecule has 4 rings (SSSR count). The minimum Gasteiger partial charge on any atom is -0.378 e. The number of nitrogens with one attached hydrogen (secondary N) is 2. The summed E-state index contributed by atoms with van der Waals surface area (Å²) in [6, 6.07) is 22.0. The van der Waals surface area contributed by atoms with E-state index in [1.54, 1.807) is 24.3 Å². The Kier molecular flexibility index (Phi) is 6.46. The van der Waals surface area contributed by atoms with Gasteiger partial charge in [-0.3, -0.25) is 0 Å². The van der Waals surface area contributed by atoms with Gasteiger partial charge in [0, 0.05) is 24.5 Å². The van der Waals surface area contributed by atoms with Crippen LogP contribution in [0.2, 0.25) is 0 Å². The van der Waals surface area contributed by atoms with Gasteiger partial charge in [0.2, 0.25) is 0 Å². The summed E-state index contributed by atoms with van der Waals surface area (Å²) in [4.78, 5) is 14.4. The number of rotatable bonds is 5. The summed E-state index contributed by atoms with van der Waals surface area (Å²) < 4.78 is 26.8. The van der Waals surface area contributed by atoms with E-state index in [2.05, 4.69) is 10.6 Å². The molecule has 4 nitrogen and oxygen atoms in total. The van der Waals surface area contributed by atoms with Crippen molar-refractivity contribution >= 4 is 17.4 Å². The molecule has 0 radical (unpaired) electrons. The number of nitrogens with zero attached hydrogens (tertiary/aromatic N) is 1. The molecule has 1 aliphatic heterocycles. The predicted molar refractivity (Wildman–Crippen MR) is 119 cm³/mol. The summed E-state index contributed by atoms with van der Waals surface area (Å²) in [7, 11) is 0. The normalized spacial score (nSPS) is 15.4. The highest BCUT2D eigenvalue weighted by molar-refractivity contribution is 5.89. The highest BCUT2D eigenvalue weighted by Crippen LogP contribution is 2.34. The summed E-state index contributed by atoms with van der Waals surface area (Å²) >= 11 is 0. The lowest BCUT2D eigenvalue weighted by Crippen LogP contribution is -2.42. The fourth-order valence-corrected chi connectivity index (χ4v) is 4.03. The smallest absolute Gasteiger partial charge is 0.321 e. The molecule has 1 heterocycles. The second-order valence-corrected chi connectivity index (χ2v) is 7.80. The Morgan fingerprint density at radius 1 is 0.806 bits per heavy atom. The average Bonchev–Trinajstić information content (AvgIpc) is 2.80. The number of halogens is 2. The van der Waals surface area contributed by atoms with Crippen molar-refractivity contribution in [3.63, 3.8) is 0 Å². The molecule has 3 aromatic carbocycles. The van der Waals surface area contributed by atoms with Gasteiger partial charge in [-0.15, -0.1) is 0 Å². The number of benzene rings is 3. The number of carbonyl (C=O) groups is 1. The van der Waals surface area contributed by atoms with Crippen LogP contribution in [0.3, 0.4) is 0 Å². The van der Waals surface area contributed by atoms with Crippen LogP contribution in [0.15, 0.2) is 78.9 Å². The van der Waals surface area contributed by atoms with Gasteiger partial charge in [-0.2, -0.15) is 0 Å². The molecule has 0 aromatic heterocycles. The molecule has 1 atom stereocenters. The summed E-state index contributed by atoms with van der Waals surface area (Å²) in [6.45, 7) is 1.26. The quantitative estimate of drug-likeness (QED) is 0.526. The minimum atomic E-state index is -0.290. The maximum Gasteiger partial charge on any atom is 0.321 e. The van der Waals surface area contributed by atoms with Crippen LogP contribution in [-0.4, -0.2) is 24.0 Å². The topological polar surface area (TPSA) is 44.4 Å². The maximum absolute atomic E-state index is 13.5. The lowest BCUT2D eigenvalue weighted by molar-refractivity contribution is 0.176. The average molecular weight is 421 g/mol. The van der Waals surface area contributed by atoms with Gasteiger partial charge >= 0.3 is 6.03 Å². The van der Waals surface area contributed by atoms with Gasteiger partial charge in [-0.25, -0.2) is 13.6 Å². The molecule has 3 aromatic rings. The minimum absolute atomic E-state index is 0.0644. The van der Waals surface area contributed by atoms with E-state index in [-0.39, 0.29) is 29.6 Å². The summed E-state index contributed by atoms with van der Waals surface area (Å²) in [5.41, 5.74) is 2.55. The second-order valence-electron chi connectivity index (χ2n) is 7.80. The van der Waals surface area contributed by atoms with E-state index in [0.717, 1.165) is 29.8 Å². The Balaban J connectivity index is 1.44. The fourth-order valence-electron chi connectivity index (χ4n) is 4.03. The van der Waals surface area contributed by atoms with Gasteiger partial charge in [0.25, 0.3) is 0 Å². The second kappa shape index (κ2) is 9.60. The largest absolute Gasteiger partial charge is 0.378 e. The Morgan fingerprint density at radius 3 is 2.00 bits per heavy atom. The molecule has 1 unspecified atom stereocenters. The zero-order chi connectivity index (χ0) is 21.6. The zero-order valence-corrected chi connectivity index (χ0v) is 17.1. The van der Waals surface area contributed by atoms with Gasteiger partial charge in [0.05, 0.1) is 6.04 Å². The molecule has 31 heavy (non-hydrogen) atoms. The van der Waals surface area contributed by atoms with Crippen LogP contribution in [0, 0.1) is 17.6 Å². The van der Waals surface area contributed by atoms with Crippen molar-refractivity contribution in [2.24, 2.45) is 5.92 Å². The molecule has 160 valence electrons. The van der Waals surface area contributed by atoms with Crippen molar-refractivity contribution in [1.29, 1.82) is 0 Å². The van der Waals surface area contributed by atoms with E-state index in [0.29, 0.717) is 13.1 Å². The van der Waals surface area contributed by atoms with Gasteiger partial charge in [-0.05, 0) is 72.9 Å². The van der Waals surface area contributed by atoms with Gasteiger partial charge < -0.3 is 15.5 Å².